The number of halogens is 4. The van der Waals surface area contributed by atoms with Crippen LogP contribution in [0, 0.1) is 0 Å². The topological polar surface area (TPSA) is 59.3 Å². The molecule has 0 saturated heterocycles. The zero-order valence-electron chi connectivity index (χ0n) is 11.9. The molecule has 1 amide bonds. The van der Waals surface area contributed by atoms with Gasteiger partial charge in [0.1, 0.15) is 0 Å². The van der Waals surface area contributed by atoms with Crippen molar-refractivity contribution in [1.82, 2.24) is 19.9 Å². The molecule has 0 spiro atoms. The Labute approximate surface area is 138 Å². The van der Waals surface area contributed by atoms with E-state index >= 15 is 0 Å². The Hall–Kier alpha value is -1.48. The standard InChI is InChI=1S/C13H12ClF3N4OS/c1-6(11(22)18-8-2-3-8)23-12-20-19-10-9(14)4-7(5-21(10)12)13(15,16)17/h4-6,8H,2-3H2,1H3,(H,18,22)/t6-/m1/s1. The predicted molar refractivity (Wildman–Crippen MR) is 79.5 cm³/mol. The summed E-state index contributed by atoms with van der Waals surface area (Å²) >= 11 is 6.88. The van der Waals surface area contributed by atoms with Crippen LogP contribution < -0.4 is 5.32 Å². The van der Waals surface area contributed by atoms with Crippen LogP contribution in [0.15, 0.2) is 17.4 Å². The summed E-state index contributed by atoms with van der Waals surface area (Å²) in [6.45, 7) is 1.67. The minimum absolute atomic E-state index is 0.122. The zero-order chi connectivity index (χ0) is 16.8. The molecule has 5 nitrogen and oxygen atoms in total. The Balaban J connectivity index is 1.88. The van der Waals surface area contributed by atoms with Crippen molar-refractivity contribution in [2.45, 2.75) is 42.4 Å². The number of rotatable bonds is 4. The average Bonchev–Trinajstić information content (AvgIpc) is 3.17. The predicted octanol–water partition coefficient (Wildman–Crippen LogP) is 3.16. The second kappa shape index (κ2) is 5.86. The Morgan fingerprint density at radius 2 is 2.17 bits per heavy atom. The number of fused-ring (bicyclic) bond motifs is 1. The molecular weight excluding hydrogens is 353 g/mol. The summed E-state index contributed by atoms with van der Waals surface area (Å²) in [6.07, 6.45) is -1.73. The van der Waals surface area contributed by atoms with E-state index in [1.807, 2.05) is 0 Å². The molecule has 10 heteroatoms. The van der Waals surface area contributed by atoms with Crippen LogP contribution in [0.2, 0.25) is 5.02 Å². The van der Waals surface area contributed by atoms with E-state index in [4.69, 9.17) is 11.6 Å². The van der Waals surface area contributed by atoms with Crippen molar-refractivity contribution < 1.29 is 18.0 Å². The molecule has 3 rings (SSSR count). The van der Waals surface area contributed by atoms with Gasteiger partial charge in [-0.3, -0.25) is 9.20 Å². The number of carbonyl (C=O) groups is 1. The maximum absolute atomic E-state index is 12.9. The zero-order valence-corrected chi connectivity index (χ0v) is 13.5. The Kier molecular flexibility index (Phi) is 4.18. The van der Waals surface area contributed by atoms with Gasteiger partial charge in [0, 0.05) is 12.2 Å². The van der Waals surface area contributed by atoms with Crippen LogP contribution in [0.25, 0.3) is 5.65 Å². The van der Waals surface area contributed by atoms with E-state index in [0.29, 0.717) is 0 Å². The lowest BCUT2D eigenvalue weighted by molar-refractivity contribution is -0.137. The van der Waals surface area contributed by atoms with Crippen LogP contribution in [-0.2, 0) is 11.0 Å². The maximum atomic E-state index is 12.9. The first-order valence-electron chi connectivity index (χ1n) is 6.84. The van der Waals surface area contributed by atoms with Gasteiger partial charge in [0.25, 0.3) is 0 Å². The lowest BCUT2D eigenvalue weighted by Gasteiger charge is -2.11. The molecule has 0 aliphatic heterocycles. The lowest BCUT2D eigenvalue weighted by atomic mass is 10.3. The summed E-state index contributed by atoms with van der Waals surface area (Å²) in [5, 5.41) is 10.0. The van der Waals surface area contributed by atoms with Crippen molar-refractivity contribution in [1.29, 1.82) is 0 Å². The number of alkyl halides is 3. The number of nitrogens with one attached hydrogen (secondary N) is 1. The first-order valence-corrected chi connectivity index (χ1v) is 8.10. The van der Waals surface area contributed by atoms with Crippen LogP contribution in [0.5, 0.6) is 0 Å². The third kappa shape index (κ3) is 3.55. The molecule has 0 radical (unpaired) electrons. The first kappa shape index (κ1) is 16.4. The molecule has 0 bridgehead atoms. The fourth-order valence-corrected chi connectivity index (χ4v) is 3.01. The van der Waals surface area contributed by atoms with Crippen molar-refractivity contribution in [2.75, 3.05) is 0 Å². The Morgan fingerprint density at radius 1 is 1.48 bits per heavy atom. The second-order valence-corrected chi connectivity index (χ2v) is 7.01. The van der Waals surface area contributed by atoms with Gasteiger partial charge in [0.05, 0.1) is 15.8 Å². The molecule has 1 aliphatic carbocycles. The van der Waals surface area contributed by atoms with E-state index in [2.05, 4.69) is 15.5 Å². The molecule has 1 saturated carbocycles. The Bertz CT molecular complexity index is 759. The Morgan fingerprint density at radius 3 is 2.78 bits per heavy atom. The number of carbonyl (C=O) groups excluding carboxylic acids is 1. The molecule has 2 aromatic rings. The molecular formula is C13H12ClF3N4OS. The monoisotopic (exact) mass is 364 g/mol. The first-order chi connectivity index (χ1) is 10.8. The summed E-state index contributed by atoms with van der Waals surface area (Å²) in [4.78, 5) is 12.0. The van der Waals surface area contributed by atoms with Crippen LogP contribution in [0.3, 0.4) is 0 Å². The number of hydrogen-bond donors (Lipinski definition) is 1. The minimum Gasteiger partial charge on any atom is -0.352 e. The van der Waals surface area contributed by atoms with Gasteiger partial charge in [-0.2, -0.15) is 13.2 Å². The summed E-state index contributed by atoms with van der Waals surface area (Å²) in [5.41, 5.74) is -0.774. The molecule has 2 aromatic heterocycles. The number of nitrogens with zero attached hydrogens (tertiary/aromatic N) is 3. The molecule has 23 heavy (non-hydrogen) atoms. The summed E-state index contributed by atoms with van der Waals surface area (Å²) in [5.74, 6) is -0.174. The molecule has 0 unspecified atom stereocenters. The van der Waals surface area contributed by atoms with E-state index in [1.165, 1.54) is 0 Å². The van der Waals surface area contributed by atoms with E-state index in [9.17, 15) is 18.0 Å². The van der Waals surface area contributed by atoms with Crippen molar-refractivity contribution in [2.24, 2.45) is 0 Å². The van der Waals surface area contributed by atoms with Crippen LogP contribution >= 0.6 is 23.4 Å². The van der Waals surface area contributed by atoms with Crippen molar-refractivity contribution >= 4 is 34.9 Å². The highest BCUT2D eigenvalue weighted by molar-refractivity contribution is 8.00. The lowest BCUT2D eigenvalue weighted by Crippen LogP contribution is -2.32. The van der Waals surface area contributed by atoms with Crippen LogP contribution in [0.1, 0.15) is 25.3 Å². The fourth-order valence-electron chi connectivity index (χ4n) is 1.93. The van der Waals surface area contributed by atoms with Gasteiger partial charge in [0.2, 0.25) is 5.91 Å². The summed E-state index contributed by atoms with van der Waals surface area (Å²) < 4.78 is 39.8. The largest absolute Gasteiger partial charge is 0.417 e. The minimum atomic E-state index is -4.53. The SMILES string of the molecule is C[C@@H](Sc1nnc2c(Cl)cc(C(F)(F)F)cn12)C(=O)NC1CC1. The quantitative estimate of drug-likeness (QED) is 0.847. The average molecular weight is 365 g/mol. The number of thioether (sulfide) groups is 1. The fraction of sp³-hybridized carbons (Fsp3) is 0.462. The van der Waals surface area contributed by atoms with Crippen molar-refractivity contribution in [3.8, 4) is 0 Å². The summed E-state index contributed by atoms with van der Waals surface area (Å²) in [6, 6.07) is 1.02. The van der Waals surface area contributed by atoms with Gasteiger partial charge >= 0.3 is 6.18 Å². The van der Waals surface area contributed by atoms with Crippen LogP contribution in [-0.4, -0.2) is 31.8 Å². The highest BCUT2D eigenvalue weighted by atomic mass is 35.5. The third-order valence-corrected chi connectivity index (χ3v) is 4.67. The van der Waals surface area contributed by atoms with E-state index in [-0.39, 0.29) is 27.8 Å². The molecule has 1 fully saturated rings. The third-order valence-electron chi connectivity index (χ3n) is 3.33. The molecule has 2 heterocycles. The smallest absolute Gasteiger partial charge is 0.352 e. The second-order valence-electron chi connectivity index (χ2n) is 5.29. The number of aromatic nitrogens is 3. The van der Waals surface area contributed by atoms with Gasteiger partial charge in [0.15, 0.2) is 10.8 Å². The normalized spacial score (nSPS) is 16.6. The van der Waals surface area contributed by atoms with Gasteiger partial charge < -0.3 is 5.32 Å². The number of pyridine rings is 1. The maximum Gasteiger partial charge on any atom is 0.417 e. The van der Waals surface area contributed by atoms with E-state index in [1.54, 1.807) is 6.92 Å². The van der Waals surface area contributed by atoms with Gasteiger partial charge in [-0.15, -0.1) is 10.2 Å². The highest BCUT2D eigenvalue weighted by Gasteiger charge is 2.33. The summed E-state index contributed by atoms with van der Waals surface area (Å²) in [7, 11) is 0. The van der Waals surface area contributed by atoms with Crippen molar-refractivity contribution in [3.05, 3.63) is 22.8 Å². The molecule has 1 atom stereocenters. The molecule has 1 N–H and O–H groups in total. The van der Waals surface area contributed by atoms with E-state index < -0.39 is 17.0 Å². The highest BCUT2D eigenvalue weighted by Crippen LogP contribution is 2.34. The molecule has 124 valence electrons. The molecule has 0 aromatic carbocycles. The number of amides is 1. The van der Waals surface area contributed by atoms with Gasteiger partial charge in [-0.1, -0.05) is 23.4 Å². The van der Waals surface area contributed by atoms with Gasteiger partial charge in [-0.05, 0) is 25.8 Å². The van der Waals surface area contributed by atoms with Crippen molar-refractivity contribution in [3.63, 3.8) is 0 Å². The van der Waals surface area contributed by atoms with E-state index in [0.717, 1.165) is 41.3 Å². The number of hydrogen-bond acceptors (Lipinski definition) is 4. The molecule has 1 aliphatic rings. The van der Waals surface area contributed by atoms with Gasteiger partial charge in [-0.25, -0.2) is 0 Å². The van der Waals surface area contributed by atoms with Crippen LogP contribution in [0.4, 0.5) is 13.2 Å².